The van der Waals surface area contributed by atoms with Crippen LogP contribution >= 0.6 is 11.6 Å². The topological polar surface area (TPSA) is 54.5 Å². The second-order valence-corrected chi connectivity index (χ2v) is 8.55. The highest BCUT2D eigenvalue weighted by atomic mass is 35.5. The SMILES string of the molecule is Cc1ccc(N(C(=O)c2cccc(Cl)c2)[C@H]2C=CS(=O)(=O)C2)cc1C. The van der Waals surface area contributed by atoms with Gasteiger partial charge < -0.3 is 4.90 Å². The summed E-state index contributed by atoms with van der Waals surface area (Å²) in [6.45, 7) is 3.95. The zero-order valence-corrected chi connectivity index (χ0v) is 15.5. The van der Waals surface area contributed by atoms with Crippen LogP contribution in [0.4, 0.5) is 5.69 Å². The Morgan fingerprint density at radius 3 is 2.48 bits per heavy atom. The van der Waals surface area contributed by atoms with Crippen molar-refractivity contribution in [2.24, 2.45) is 0 Å². The maximum absolute atomic E-state index is 13.1. The molecule has 0 saturated heterocycles. The van der Waals surface area contributed by atoms with Crippen LogP contribution < -0.4 is 4.90 Å². The van der Waals surface area contributed by atoms with E-state index in [-0.39, 0.29) is 11.7 Å². The Morgan fingerprint density at radius 2 is 1.88 bits per heavy atom. The van der Waals surface area contributed by atoms with Crippen molar-refractivity contribution >= 4 is 33.0 Å². The van der Waals surface area contributed by atoms with E-state index in [1.165, 1.54) is 10.3 Å². The number of aryl methyl sites for hydroxylation is 2. The molecule has 0 aromatic heterocycles. The van der Waals surface area contributed by atoms with Crippen LogP contribution in [0.2, 0.25) is 5.02 Å². The van der Waals surface area contributed by atoms with Crippen LogP contribution in [0.25, 0.3) is 0 Å². The van der Waals surface area contributed by atoms with Gasteiger partial charge in [-0.05, 0) is 61.4 Å². The molecule has 130 valence electrons. The number of carbonyl (C=O) groups is 1. The first-order valence-corrected chi connectivity index (χ1v) is 9.93. The number of benzene rings is 2. The molecule has 2 aromatic rings. The highest BCUT2D eigenvalue weighted by Gasteiger charge is 2.32. The van der Waals surface area contributed by atoms with Crippen LogP contribution in [-0.4, -0.2) is 26.1 Å². The third-order valence-electron chi connectivity index (χ3n) is 4.30. The van der Waals surface area contributed by atoms with Crippen molar-refractivity contribution in [1.29, 1.82) is 0 Å². The molecule has 1 aliphatic rings. The molecular formula is C19H18ClNO3S. The van der Waals surface area contributed by atoms with Gasteiger partial charge in [0.05, 0.1) is 11.8 Å². The van der Waals surface area contributed by atoms with Crippen LogP contribution in [-0.2, 0) is 9.84 Å². The van der Waals surface area contributed by atoms with E-state index < -0.39 is 15.9 Å². The number of anilines is 1. The number of amides is 1. The Morgan fingerprint density at radius 1 is 1.12 bits per heavy atom. The molecule has 0 saturated carbocycles. The Bertz CT molecular complexity index is 966. The van der Waals surface area contributed by atoms with E-state index in [0.717, 1.165) is 11.1 Å². The van der Waals surface area contributed by atoms with E-state index in [1.807, 2.05) is 32.0 Å². The lowest BCUT2D eigenvalue weighted by Crippen LogP contribution is -2.41. The second kappa shape index (κ2) is 6.65. The number of rotatable bonds is 3. The highest BCUT2D eigenvalue weighted by molar-refractivity contribution is 7.94. The fourth-order valence-electron chi connectivity index (χ4n) is 2.82. The van der Waals surface area contributed by atoms with Crippen molar-refractivity contribution in [1.82, 2.24) is 0 Å². The van der Waals surface area contributed by atoms with Crippen LogP contribution in [0.1, 0.15) is 21.5 Å². The highest BCUT2D eigenvalue weighted by Crippen LogP contribution is 2.27. The average molecular weight is 376 g/mol. The molecule has 0 fully saturated rings. The molecule has 4 nitrogen and oxygen atoms in total. The van der Waals surface area contributed by atoms with Gasteiger partial charge in [0.2, 0.25) is 0 Å². The Kier molecular flexibility index (Phi) is 4.71. The second-order valence-electron chi connectivity index (χ2n) is 6.18. The summed E-state index contributed by atoms with van der Waals surface area (Å²) in [6.07, 6.45) is 1.56. The van der Waals surface area contributed by atoms with Gasteiger partial charge in [-0.2, -0.15) is 0 Å². The van der Waals surface area contributed by atoms with Crippen molar-refractivity contribution in [3.63, 3.8) is 0 Å². The first-order valence-electron chi connectivity index (χ1n) is 7.84. The van der Waals surface area contributed by atoms with Crippen LogP contribution in [0, 0.1) is 13.8 Å². The van der Waals surface area contributed by atoms with Crippen molar-refractivity contribution < 1.29 is 13.2 Å². The number of hydrogen-bond acceptors (Lipinski definition) is 3. The van der Waals surface area contributed by atoms with E-state index in [0.29, 0.717) is 16.3 Å². The summed E-state index contributed by atoms with van der Waals surface area (Å²) in [6, 6.07) is 11.8. The van der Waals surface area contributed by atoms with Gasteiger partial charge in [0, 0.05) is 21.7 Å². The fourth-order valence-corrected chi connectivity index (χ4v) is 4.27. The maximum atomic E-state index is 13.1. The molecule has 0 N–H and O–H groups in total. The number of carbonyl (C=O) groups excluding carboxylic acids is 1. The molecule has 1 heterocycles. The zero-order chi connectivity index (χ0) is 18.2. The lowest BCUT2D eigenvalue weighted by molar-refractivity contribution is 0.0983. The number of halogens is 1. The third-order valence-corrected chi connectivity index (χ3v) is 5.91. The summed E-state index contributed by atoms with van der Waals surface area (Å²) in [7, 11) is -3.29. The molecule has 1 amide bonds. The molecule has 6 heteroatoms. The standard InChI is InChI=1S/C19H18ClNO3S/c1-13-6-7-17(10-14(13)2)21(18-8-9-25(23,24)12-18)19(22)15-4-3-5-16(20)11-15/h3-11,18H,12H2,1-2H3/t18-/m0/s1. The summed E-state index contributed by atoms with van der Waals surface area (Å²) >= 11 is 6.01. The number of hydrogen-bond donors (Lipinski definition) is 0. The van der Waals surface area contributed by atoms with Crippen LogP contribution in [0.15, 0.2) is 53.9 Å². The van der Waals surface area contributed by atoms with Crippen LogP contribution in [0.3, 0.4) is 0 Å². The summed E-state index contributed by atoms with van der Waals surface area (Å²) in [4.78, 5) is 14.7. The van der Waals surface area contributed by atoms with Gasteiger partial charge in [0.15, 0.2) is 9.84 Å². The van der Waals surface area contributed by atoms with Crippen molar-refractivity contribution in [3.05, 3.63) is 75.7 Å². The molecule has 1 atom stereocenters. The molecule has 0 bridgehead atoms. The molecule has 0 unspecified atom stereocenters. The Hall–Kier alpha value is -2.11. The van der Waals surface area contributed by atoms with Gasteiger partial charge in [-0.3, -0.25) is 4.79 Å². The molecule has 0 radical (unpaired) electrons. The minimum absolute atomic E-state index is 0.119. The Labute approximate surface area is 152 Å². The van der Waals surface area contributed by atoms with Crippen molar-refractivity contribution in [2.45, 2.75) is 19.9 Å². The van der Waals surface area contributed by atoms with E-state index in [9.17, 15) is 13.2 Å². The first kappa shape index (κ1) is 17.7. The minimum atomic E-state index is -3.29. The van der Waals surface area contributed by atoms with E-state index in [2.05, 4.69) is 0 Å². The molecule has 0 spiro atoms. The van der Waals surface area contributed by atoms with Gasteiger partial charge >= 0.3 is 0 Å². The average Bonchev–Trinajstić information content (AvgIpc) is 2.90. The molecule has 1 aliphatic heterocycles. The predicted octanol–water partition coefficient (Wildman–Crippen LogP) is 3.91. The summed E-state index contributed by atoms with van der Waals surface area (Å²) < 4.78 is 23.7. The fraction of sp³-hybridized carbons (Fsp3) is 0.211. The van der Waals surface area contributed by atoms with Crippen LogP contribution in [0.5, 0.6) is 0 Å². The third kappa shape index (κ3) is 3.78. The van der Waals surface area contributed by atoms with Crippen molar-refractivity contribution in [2.75, 3.05) is 10.7 Å². The molecule has 25 heavy (non-hydrogen) atoms. The zero-order valence-electron chi connectivity index (χ0n) is 13.9. The molecule has 2 aromatic carbocycles. The van der Waals surface area contributed by atoms with Gasteiger partial charge in [0.25, 0.3) is 5.91 Å². The summed E-state index contributed by atoms with van der Waals surface area (Å²) in [5, 5.41) is 1.64. The van der Waals surface area contributed by atoms with Gasteiger partial charge in [-0.1, -0.05) is 23.7 Å². The first-order chi connectivity index (χ1) is 11.8. The smallest absolute Gasteiger partial charge is 0.258 e. The Balaban J connectivity index is 2.07. The van der Waals surface area contributed by atoms with Gasteiger partial charge in [-0.25, -0.2) is 8.42 Å². The lowest BCUT2D eigenvalue weighted by Gasteiger charge is -2.28. The largest absolute Gasteiger partial charge is 0.300 e. The number of sulfone groups is 1. The normalized spacial score (nSPS) is 18.3. The monoisotopic (exact) mass is 375 g/mol. The quantitative estimate of drug-likeness (QED) is 0.817. The molecular weight excluding hydrogens is 358 g/mol. The van der Waals surface area contributed by atoms with E-state index >= 15 is 0 Å². The minimum Gasteiger partial charge on any atom is -0.300 e. The predicted molar refractivity (Wildman–Crippen MR) is 101 cm³/mol. The van der Waals surface area contributed by atoms with E-state index in [4.69, 9.17) is 11.6 Å². The number of nitrogens with zero attached hydrogens (tertiary/aromatic N) is 1. The summed E-state index contributed by atoms with van der Waals surface area (Å²) in [5.41, 5.74) is 3.22. The van der Waals surface area contributed by atoms with Crippen molar-refractivity contribution in [3.8, 4) is 0 Å². The lowest BCUT2D eigenvalue weighted by atomic mass is 10.1. The van der Waals surface area contributed by atoms with Gasteiger partial charge in [0.1, 0.15) is 0 Å². The summed E-state index contributed by atoms with van der Waals surface area (Å²) in [5.74, 6) is -0.399. The maximum Gasteiger partial charge on any atom is 0.258 e. The van der Waals surface area contributed by atoms with E-state index in [1.54, 1.807) is 30.3 Å². The van der Waals surface area contributed by atoms with Gasteiger partial charge in [-0.15, -0.1) is 0 Å². The molecule has 0 aliphatic carbocycles. The molecule has 3 rings (SSSR count).